The van der Waals surface area contributed by atoms with Gasteiger partial charge in [-0.3, -0.25) is 4.79 Å². The molecule has 0 saturated carbocycles. The minimum absolute atomic E-state index is 0.120. The first-order chi connectivity index (χ1) is 14.0. The van der Waals surface area contributed by atoms with Gasteiger partial charge in [-0.25, -0.2) is 9.67 Å². The fourth-order valence-corrected chi connectivity index (χ4v) is 3.77. The number of likely N-dealkylation sites (N-methyl/N-ethyl adjacent to an activating group) is 2. The lowest BCUT2D eigenvalue weighted by molar-refractivity contribution is 0.0725. The summed E-state index contributed by atoms with van der Waals surface area (Å²) in [4.78, 5) is 21.8. The highest BCUT2D eigenvalue weighted by Crippen LogP contribution is 2.18. The number of nitrogens with zero attached hydrogens (tertiary/aromatic N) is 5. The summed E-state index contributed by atoms with van der Waals surface area (Å²) >= 11 is 0. The number of carbonyl (C=O) groups excluding carboxylic acids is 1. The molecule has 1 aliphatic rings. The molecule has 2 heterocycles. The van der Waals surface area contributed by atoms with Crippen molar-refractivity contribution in [2.45, 2.75) is 25.8 Å². The molecule has 1 atom stereocenters. The molecular formula is C23H27N5O. The van der Waals surface area contributed by atoms with E-state index in [1.165, 1.54) is 5.56 Å². The molecule has 1 aliphatic heterocycles. The first-order valence-electron chi connectivity index (χ1n) is 10.0. The predicted molar refractivity (Wildman–Crippen MR) is 113 cm³/mol. The summed E-state index contributed by atoms with van der Waals surface area (Å²) in [5.74, 6) is 0.902. The molecule has 3 aromatic rings. The first-order valence-corrected chi connectivity index (χ1v) is 10.0. The molecule has 0 radical (unpaired) electrons. The fourth-order valence-electron chi connectivity index (χ4n) is 3.77. The molecule has 0 N–H and O–H groups in total. The summed E-state index contributed by atoms with van der Waals surface area (Å²) in [6.07, 6.45) is 1.60. The first kappa shape index (κ1) is 19.3. The van der Waals surface area contributed by atoms with E-state index in [1.54, 1.807) is 9.58 Å². The Kier molecular flexibility index (Phi) is 5.45. The Morgan fingerprint density at radius 3 is 2.52 bits per heavy atom. The second-order valence-corrected chi connectivity index (χ2v) is 7.88. The minimum atomic E-state index is -0.120. The Morgan fingerprint density at radius 2 is 1.86 bits per heavy atom. The summed E-state index contributed by atoms with van der Waals surface area (Å²) in [5.41, 5.74) is 3.23. The third-order valence-electron chi connectivity index (χ3n) is 5.58. The van der Waals surface area contributed by atoms with Crippen molar-refractivity contribution in [2.75, 3.05) is 27.2 Å². The van der Waals surface area contributed by atoms with E-state index >= 15 is 0 Å². The molecular weight excluding hydrogens is 362 g/mol. The zero-order valence-corrected chi connectivity index (χ0v) is 17.2. The maximum absolute atomic E-state index is 13.1. The average molecular weight is 390 g/mol. The molecule has 0 aliphatic carbocycles. The Labute approximate surface area is 171 Å². The van der Waals surface area contributed by atoms with Crippen molar-refractivity contribution in [3.63, 3.8) is 0 Å². The molecule has 0 spiro atoms. The van der Waals surface area contributed by atoms with E-state index in [4.69, 9.17) is 0 Å². The van der Waals surface area contributed by atoms with Crippen LogP contribution < -0.4 is 0 Å². The lowest BCUT2D eigenvalue weighted by atomic mass is 10.1. The Hall–Kier alpha value is -2.99. The molecule has 6 nitrogen and oxygen atoms in total. The summed E-state index contributed by atoms with van der Waals surface area (Å²) in [6.45, 7) is 3.95. The molecule has 1 unspecified atom stereocenters. The van der Waals surface area contributed by atoms with Gasteiger partial charge in [-0.1, -0.05) is 48.0 Å². The van der Waals surface area contributed by atoms with Crippen LogP contribution in [0.25, 0.3) is 5.69 Å². The van der Waals surface area contributed by atoms with E-state index in [1.807, 2.05) is 49.5 Å². The van der Waals surface area contributed by atoms with Crippen molar-refractivity contribution in [2.24, 2.45) is 0 Å². The number of carbonyl (C=O) groups is 1. The maximum atomic E-state index is 13.1. The molecule has 150 valence electrons. The highest BCUT2D eigenvalue weighted by Gasteiger charge is 2.29. The van der Waals surface area contributed by atoms with Gasteiger partial charge in [-0.15, -0.1) is 5.10 Å². The van der Waals surface area contributed by atoms with Gasteiger partial charge in [-0.05, 0) is 44.6 Å². The third kappa shape index (κ3) is 4.22. The number of aromatic nitrogens is 3. The lowest BCUT2D eigenvalue weighted by Crippen LogP contribution is -2.39. The van der Waals surface area contributed by atoms with E-state index < -0.39 is 0 Å². The van der Waals surface area contributed by atoms with Crippen LogP contribution in [0.3, 0.4) is 0 Å². The minimum Gasteiger partial charge on any atom is -0.335 e. The largest absolute Gasteiger partial charge is 0.335 e. The molecule has 0 bridgehead atoms. The quantitative estimate of drug-likeness (QED) is 0.673. The van der Waals surface area contributed by atoms with Crippen LogP contribution in [0.5, 0.6) is 0 Å². The third-order valence-corrected chi connectivity index (χ3v) is 5.58. The van der Waals surface area contributed by atoms with E-state index in [-0.39, 0.29) is 17.8 Å². The molecule has 6 heteroatoms. The van der Waals surface area contributed by atoms with Gasteiger partial charge in [0.2, 0.25) is 5.82 Å². The number of rotatable bonds is 5. The maximum Gasteiger partial charge on any atom is 0.293 e. The normalized spacial score (nSPS) is 16.9. The number of amides is 1. The second kappa shape index (κ2) is 8.17. The SMILES string of the molecule is Cc1ccc(-n2nc(C(=O)N(C)C3CCN(C)C3)nc2Cc2ccccc2)cc1. The van der Waals surface area contributed by atoms with Crippen molar-refractivity contribution >= 4 is 5.91 Å². The molecule has 4 rings (SSSR count). The van der Waals surface area contributed by atoms with Crippen LogP contribution in [0.1, 0.15) is 34.0 Å². The zero-order chi connectivity index (χ0) is 20.4. The van der Waals surface area contributed by atoms with E-state index in [0.717, 1.165) is 36.6 Å². The summed E-state index contributed by atoms with van der Waals surface area (Å²) in [7, 11) is 3.94. The van der Waals surface area contributed by atoms with Crippen molar-refractivity contribution in [1.82, 2.24) is 24.6 Å². The summed E-state index contributed by atoms with van der Waals surface area (Å²) in [5, 5.41) is 4.62. The van der Waals surface area contributed by atoms with Crippen molar-refractivity contribution in [3.05, 3.63) is 77.4 Å². The summed E-state index contributed by atoms with van der Waals surface area (Å²) in [6, 6.07) is 18.5. The van der Waals surface area contributed by atoms with Gasteiger partial charge in [-0.2, -0.15) is 0 Å². The van der Waals surface area contributed by atoms with Crippen molar-refractivity contribution < 1.29 is 4.79 Å². The standard InChI is InChI=1S/C23H27N5O/c1-17-9-11-19(12-10-17)28-21(15-18-7-5-4-6-8-18)24-22(25-28)23(29)27(3)20-13-14-26(2)16-20/h4-12,20H,13-16H2,1-3H3. The number of aryl methyl sites for hydroxylation is 1. The average Bonchev–Trinajstić information content (AvgIpc) is 3.35. The highest BCUT2D eigenvalue weighted by atomic mass is 16.2. The van der Waals surface area contributed by atoms with Gasteiger partial charge in [0.15, 0.2) is 0 Å². The molecule has 1 fully saturated rings. The second-order valence-electron chi connectivity index (χ2n) is 7.88. The van der Waals surface area contributed by atoms with Crippen LogP contribution in [-0.4, -0.2) is 63.7 Å². The van der Waals surface area contributed by atoms with E-state index in [2.05, 4.69) is 41.1 Å². The van der Waals surface area contributed by atoms with Crippen LogP contribution >= 0.6 is 0 Å². The zero-order valence-electron chi connectivity index (χ0n) is 17.2. The number of likely N-dealkylation sites (tertiary alicyclic amines) is 1. The number of hydrogen-bond acceptors (Lipinski definition) is 4. The molecule has 1 aromatic heterocycles. The topological polar surface area (TPSA) is 54.3 Å². The lowest BCUT2D eigenvalue weighted by Gasteiger charge is -2.22. The molecule has 2 aromatic carbocycles. The van der Waals surface area contributed by atoms with Gasteiger partial charge < -0.3 is 9.80 Å². The highest BCUT2D eigenvalue weighted by molar-refractivity contribution is 5.90. The summed E-state index contributed by atoms with van der Waals surface area (Å²) < 4.78 is 1.80. The fraction of sp³-hybridized carbons (Fsp3) is 0.348. The van der Waals surface area contributed by atoms with Crippen LogP contribution in [0.4, 0.5) is 0 Å². The Morgan fingerprint density at radius 1 is 1.14 bits per heavy atom. The van der Waals surface area contributed by atoms with Gasteiger partial charge in [0.25, 0.3) is 5.91 Å². The van der Waals surface area contributed by atoms with Gasteiger partial charge in [0.1, 0.15) is 5.82 Å². The monoisotopic (exact) mass is 389 g/mol. The van der Waals surface area contributed by atoms with Gasteiger partial charge in [0.05, 0.1) is 5.69 Å². The van der Waals surface area contributed by atoms with Crippen LogP contribution in [0, 0.1) is 6.92 Å². The molecule has 1 amide bonds. The Balaban J connectivity index is 1.67. The van der Waals surface area contributed by atoms with Gasteiger partial charge in [0, 0.05) is 26.1 Å². The van der Waals surface area contributed by atoms with Crippen LogP contribution in [-0.2, 0) is 6.42 Å². The van der Waals surface area contributed by atoms with Crippen LogP contribution in [0.15, 0.2) is 54.6 Å². The van der Waals surface area contributed by atoms with Crippen molar-refractivity contribution in [3.8, 4) is 5.69 Å². The van der Waals surface area contributed by atoms with Crippen LogP contribution in [0.2, 0.25) is 0 Å². The van der Waals surface area contributed by atoms with Crippen molar-refractivity contribution in [1.29, 1.82) is 0 Å². The molecule has 29 heavy (non-hydrogen) atoms. The number of benzene rings is 2. The molecule has 1 saturated heterocycles. The Bertz CT molecular complexity index is 980. The van der Waals surface area contributed by atoms with E-state index in [9.17, 15) is 4.79 Å². The van der Waals surface area contributed by atoms with Gasteiger partial charge >= 0.3 is 0 Å². The smallest absolute Gasteiger partial charge is 0.293 e. The predicted octanol–water partition coefficient (Wildman–Crippen LogP) is 2.94. The van der Waals surface area contributed by atoms with E-state index in [0.29, 0.717) is 6.42 Å². The number of hydrogen-bond donors (Lipinski definition) is 0.